The first-order valence-corrected chi connectivity index (χ1v) is 22.6. The molecule has 4 saturated heterocycles. The Morgan fingerprint density at radius 3 is 2.54 bits per heavy atom. The molecular weight excluding hydrogens is 834 g/mol. The predicted molar refractivity (Wildman–Crippen MR) is 231 cm³/mol. The van der Waals surface area contributed by atoms with Crippen LogP contribution in [0.15, 0.2) is 59.7 Å². The smallest absolute Gasteiger partial charge is 0.301 e. The molecule has 63 heavy (non-hydrogen) atoms. The summed E-state index contributed by atoms with van der Waals surface area (Å²) in [5, 5.41) is 12.6. The summed E-state index contributed by atoms with van der Waals surface area (Å²) in [6.07, 6.45) is 4.15. The highest BCUT2D eigenvalue weighted by Crippen LogP contribution is 2.41. The van der Waals surface area contributed by atoms with Crippen molar-refractivity contribution >= 4 is 50.2 Å². The van der Waals surface area contributed by atoms with E-state index in [2.05, 4.69) is 30.9 Å². The molecule has 5 heterocycles. The fourth-order valence-electron chi connectivity index (χ4n) is 9.01. The monoisotopic (exact) mass is 883 g/mol. The molecular formula is C44H50FN9O8S. The van der Waals surface area contributed by atoms with Crippen LogP contribution in [0.4, 0.5) is 15.8 Å². The zero-order valence-electron chi connectivity index (χ0n) is 35.4. The van der Waals surface area contributed by atoms with Crippen LogP contribution < -0.4 is 25.2 Å². The van der Waals surface area contributed by atoms with Crippen LogP contribution in [0.3, 0.4) is 0 Å². The molecule has 4 fully saturated rings. The molecule has 0 saturated carbocycles. The minimum Gasteiger partial charge on any atom is -0.453 e. The number of piperazine rings is 1. The van der Waals surface area contributed by atoms with Crippen molar-refractivity contribution in [2.75, 3.05) is 75.6 Å². The zero-order chi connectivity index (χ0) is 44.6. The van der Waals surface area contributed by atoms with Gasteiger partial charge in [0.25, 0.3) is 5.56 Å². The summed E-state index contributed by atoms with van der Waals surface area (Å²) in [4.78, 5) is 62.4. The number of fused-ring (bicyclic) bond motifs is 1. The number of likely N-dealkylation sites (tertiary alicyclic amines) is 1. The summed E-state index contributed by atoms with van der Waals surface area (Å²) in [7, 11) is -2.67. The van der Waals surface area contributed by atoms with Crippen molar-refractivity contribution in [3.63, 3.8) is 0 Å². The fourth-order valence-corrected chi connectivity index (χ4v) is 9.95. The van der Waals surface area contributed by atoms with E-state index >= 15 is 4.39 Å². The molecule has 0 aliphatic carbocycles. The number of hydrogen-bond donors (Lipinski definition) is 2. The normalized spacial score (nSPS) is 20.6. The maximum absolute atomic E-state index is 15.1. The molecule has 1 unspecified atom stereocenters. The van der Waals surface area contributed by atoms with Gasteiger partial charge in [0.05, 0.1) is 53.6 Å². The lowest BCUT2D eigenvalue weighted by molar-refractivity contribution is -0.137. The average Bonchev–Trinajstić information content (AvgIpc) is 3.67. The molecule has 4 aromatic rings. The Kier molecular flexibility index (Phi) is 12.3. The van der Waals surface area contributed by atoms with Crippen molar-refractivity contribution in [1.29, 1.82) is 5.26 Å². The molecule has 1 spiro atoms. The average molecular weight is 884 g/mol. The molecule has 0 bridgehead atoms. The molecule has 0 radical (unpaired) electrons. The Labute approximate surface area is 364 Å². The van der Waals surface area contributed by atoms with E-state index in [1.54, 1.807) is 13.0 Å². The maximum Gasteiger partial charge on any atom is 0.301 e. The second-order valence-corrected chi connectivity index (χ2v) is 18.5. The number of benzene rings is 3. The number of halogens is 1. The first-order chi connectivity index (χ1) is 30.2. The number of piperidine rings is 2. The van der Waals surface area contributed by atoms with Gasteiger partial charge in [-0.25, -0.2) is 9.37 Å². The predicted octanol–water partition coefficient (Wildman–Crippen LogP) is 3.78. The summed E-state index contributed by atoms with van der Waals surface area (Å²) in [6, 6.07) is 14.2. The van der Waals surface area contributed by atoms with E-state index in [0.29, 0.717) is 57.3 Å². The summed E-state index contributed by atoms with van der Waals surface area (Å²) in [5.41, 5.74) is 2.09. The van der Waals surface area contributed by atoms with E-state index in [1.807, 2.05) is 30.0 Å². The number of nitrogens with zero attached hydrogens (tertiary/aromatic N) is 7. The largest absolute Gasteiger partial charge is 0.453 e. The number of carbonyl (C=O) groups is 3. The number of anilines is 2. The van der Waals surface area contributed by atoms with Crippen LogP contribution >= 0.6 is 0 Å². The highest BCUT2D eigenvalue weighted by atomic mass is 32.2. The van der Waals surface area contributed by atoms with Gasteiger partial charge in [-0.1, -0.05) is 19.1 Å². The van der Waals surface area contributed by atoms with Gasteiger partial charge in [-0.05, 0) is 80.1 Å². The minimum absolute atomic E-state index is 0.0479. The van der Waals surface area contributed by atoms with Crippen molar-refractivity contribution in [1.82, 2.24) is 29.0 Å². The second kappa shape index (κ2) is 17.7. The Morgan fingerprint density at radius 1 is 1.08 bits per heavy atom. The van der Waals surface area contributed by atoms with Gasteiger partial charge in [0.15, 0.2) is 11.6 Å². The lowest BCUT2D eigenvalue weighted by atomic mass is 9.87. The van der Waals surface area contributed by atoms with E-state index in [4.69, 9.17) is 9.47 Å². The van der Waals surface area contributed by atoms with Crippen molar-refractivity contribution in [2.45, 2.75) is 63.5 Å². The van der Waals surface area contributed by atoms with Crippen molar-refractivity contribution in [3.05, 3.63) is 87.7 Å². The van der Waals surface area contributed by atoms with Gasteiger partial charge < -0.3 is 19.3 Å². The molecule has 17 nitrogen and oxygen atoms in total. The zero-order valence-corrected chi connectivity index (χ0v) is 36.2. The van der Waals surface area contributed by atoms with Gasteiger partial charge in [-0.2, -0.15) is 18.0 Å². The van der Waals surface area contributed by atoms with Crippen LogP contribution in [0.1, 0.15) is 67.7 Å². The standard InChI is InChI=1S/C44H50FN9O8S/c1-4-50(3)63(59,60)49-37-10-8-35(45)41(34(37)24-46)62-31-6-9-36-33(22-31)43(58)54(27-47-36)30-23-44(61-26-30)13-15-53(16-14-44)40(56)25-51-17-19-52(20-18-51)38-11-5-29(21-28(38)2)32-7-12-39(55)48-42(32)57/h5-6,8-11,21-22,27,30,32,49H,4,7,12-20,23,25-26H2,1-3H3,(H,48,55,57)/t30-,32?/m1/s1. The van der Waals surface area contributed by atoms with Crippen LogP contribution in [0.5, 0.6) is 11.5 Å². The third-order valence-electron chi connectivity index (χ3n) is 12.8. The van der Waals surface area contributed by atoms with Crippen LogP contribution in [-0.4, -0.2) is 121 Å². The number of ether oxygens (including phenoxy) is 2. The molecule has 19 heteroatoms. The highest BCUT2D eigenvalue weighted by molar-refractivity contribution is 7.90. The van der Waals surface area contributed by atoms with E-state index in [0.717, 1.165) is 59.4 Å². The van der Waals surface area contributed by atoms with E-state index < -0.39 is 27.4 Å². The van der Waals surface area contributed by atoms with E-state index in [-0.39, 0.29) is 70.8 Å². The number of rotatable bonds is 11. The number of nitrogens with one attached hydrogen (secondary N) is 2. The molecule has 8 rings (SSSR count). The third kappa shape index (κ3) is 8.98. The van der Waals surface area contributed by atoms with Gasteiger partial charge in [-0.15, -0.1) is 0 Å². The SMILES string of the molecule is CCN(C)S(=O)(=O)Nc1ccc(F)c(Oc2ccc3ncn([C@H]4COC5(CCN(C(=O)CN6CCN(c7ccc(C8CCC(=O)NC8=O)cc7C)CC6)CC5)C4)c(=O)c3c2)c1C#N. The summed E-state index contributed by atoms with van der Waals surface area (Å²) in [5.74, 6) is -2.07. The number of imide groups is 1. The first-order valence-electron chi connectivity index (χ1n) is 21.2. The lowest BCUT2D eigenvalue weighted by Gasteiger charge is -2.40. The van der Waals surface area contributed by atoms with E-state index in [1.165, 1.54) is 30.1 Å². The van der Waals surface area contributed by atoms with Gasteiger partial charge >= 0.3 is 10.2 Å². The maximum atomic E-state index is 15.1. The molecule has 3 amide bonds. The van der Waals surface area contributed by atoms with Crippen LogP contribution in [0.25, 0.3) is 10.9 Å². The minimum atomic E-state index is -4.03. The Balaban J connectivity index is 0.859. The summed E-state index contributed by atoms with van der Waals surface area (Å²) >= 11 is 0. The Bertz CT molecular complexity index is 2670. The molecule has 4 aliphatic rings. The van der Waals surface area contributed by atoms with Crippen LogP contribution in [0, 0.1) is 24.1 Å². The summed E-state index contributed by atoms with van der Waals surface area (Å²) < 4.78 is 57.5. The Hall–Kier alpha value is -5.94. The highest BCUT2D eigenvalue weighted by Gasteiger charge is 2.44. The number of nitriles is 1. The number of aryl methyl sites for hydroxylation is 1. The second-order valence-electron chi connectivity index (χ2n) is 16.7. The molecule has 4 aliphatic heterocycles. The number of hydrogen-bond acceptors (Lipinski definition) is 12. The number of amides is 3. The van der Waals surface area contributed by atoms with Gasteiger partial charge in [0.1, 0.15) is 17.4 Å². The first kappa shape index (κ1) is 43.7. The summed E-state index contributed by atoms with van der Waals surface area (Å²) in [6.45, 7) is 8.52. The fraction of sp³-hybridized carbons (Fsp3) is 0.455. The molecule has 3 aromatic carbocycles. The van der Waals surface area contributed by atoms with E-state index in [9.17, 15) is 32.9 Å². The number of aromatic nitrogens is 2. The molecule has 2 N–H and O–H groups in total. The number of carbonyl (C=O) groups excluding carboxylic acids is 3. The van der Waals surface area contributed by atoms with Crippen molar-refractivity contribution in [2.24, 2.45) is 0 Å². The molecule has 332 valence electrons. The molecule has 1 aromatic heterocycles. The van der Waals surface area contributed by atoms with Crippen molar-refractivity contribution < 1.29 is 36.7 Å². The van der Waals surface area contributed by atoms with Crippen LogP contribution in [-0.2, 0) is 29.3 Å². The van der Waals surface area contributed by atoms with Crippen LogP contribution in [0.2, 0.25) is 0 Å². The van der Waals surface area contributed by atoms with Gasteiger partial charge in [-0.3, -0.25) is 38.7 Å². The lowest BCUT2D eigenvalue weighted by Crippen LogP contribution is -2.52. The Morgan fingerprint density at radius 2 is 1.84 bits per heavy atom. The van der Waals surface area contributed by atoms with Gasteiger partial charge in [0, 0.05) is 65.0 Å². The topological polar surface area (TPSA) is 200 Å². The van der Waals surface area contributed by atoms with Gasteiger partial charge in [0.2, 0.25) is 17.7 Å². The third-order valence-corrected chi connectivity index (χ3v) is 14.4. The molecule has 2 atom stereocenters. The van der Waals surface area contributed by atoms with Crippen molar-refractivity contribution in [3.8, 4) is 17.6 Å². The quantitative estimate of drug-likeness (QED) is 0.207.